The van der Waals surface area contributed by atoms with E-state index in [0.717, 1.165) is 17.4 Å². The summed E-state index contributed by atoms with van der Waals surface area (Å²) in [4.78, 5) is 17.6. The fourth-order valence-electron chi connectivity index (χ4n) is 2.69. The Morgan fingerprint density at radius 3 is 2.60 bits per heavy atom. The van der Waals surface area contributed by atoms with E-state index in [-0.39, 0.29) is 11.5 Å². The van der Waals surface area contributed by atoms with Crippen LogP contribution in [0.5, 0.6) is 0 Å². The number of carbonyl (C=O) groups is 1. The minimum atomic E-state index is -0.178. The minimum Gasteiger partial charge on any atom is -0.329 e. The van der Waals surface area contributed by atoms with Crippen molar-refractivity contribution in [3.8, 4) is 0 Å². The van der Waals surface area contributed by atoms with Crippen LogP contribution in [0.3, 0.4) is 0 Å². The number of amides is 1. The Balaban J connectivity index is 2.25. The predicted octanol–water partition coefficient (Wildman–Crippen LogP) is 2.70. The van der Waals surface area contributed by atoms with E-state index in [2.05, 4.69) is 10.3 Å². The molecule has 3 N–H and O–H groups in total. The van der Waals surface area contributed by atoms with E-state index in [4.69, 9.17) is 10.8 Å². The zero-order valence-corrected chi connectivity index (χ0v) is 13.9. The average Bonchev–Trinajstić information content (AvgIpc) is 2.60. The lowest BCUT2D eigenvalue weighted by Gasteiger charge is -2.21. The Hall–Kier alpha value is -3.48. The van der Waals surface area contributed by atoms with Gasteiger partial charge in [-0.05, 0) is 30.3 Å². The molecule has 0 unspecified atom stereocenters. The van der Waals surface area contributed by atoms with Gasteiger partial charge in [-0.2, -0.15) is 4.98 Å². The Bertz CT molecular complexity index is 1010. The molecule has 3 aromatic rings. The van der Waals surface area contributed by atoms with E-state index < -0.39 is 0 Å². The monoisotopic (exact) mass is 334 g/mol. The Kier molecular flexibility index (Phi) is 4.30. The summed E-state index contributed by atoms with van der Waals surface area (Å²) in [5.41, 5.74) is 2.11. The first-order valence-corrected chi connectivity index (χ1v) is 7.69. The van der Waals surface area contributed by atoms with Gasteiger partial charge >= 0.3 is 0 Å². The molecule has 0 aliphatic rings. The summed E-state index contributed by atoms with van der Waals surface area (Å²) in [5.74, 6) is 0.432. The van der Waals surface area contributed by atoms with Crippen LogP contribution in [0.1, 0.15) is 6.92 Å². The number of rotatable bonds is 4. The molecule has 25 heavy (non-hydrogen) atoms. The van der Waals surface area contributed by atoms with Gasteiger partial charge in [0.05, 0.1) is 11.9 Å². The van der Waals surface area contributed by atoms with Crippen molar-refractivity contribution in [1.29, 1.82) is 10.8 Å². The molecular weight excluding hydrogens is 316 g/mol. The van der Waals surface area contributed by atoms with Crippen LogP contribution < -0.4 is 15.8 Å². The molecule has 1 aromatic heterocycles. The van der Waals surface area contributed by atoms with Crippen molar-refractivity contribution in [3.05, 3.63) is 54.1 Å². The standard InChI is InChI=1S/C18H18N6O/c1-12(25)21-13-8-9-15-16(10-13)24(11-19)18(20)22-17(15)23(2)14-6-4-3-5-7-14/h3-11,19-20H,1-2H3,(H,21,25). The molecule has 7 nitrogen and oxygen atoms in total. The number of para-hydroxylation sites is 1. The van der Waals surface area contributed by atoms with Crippen molar-refractivity contribution in [2.75, 3.05) is 17.3 Å². The van der Waals surface area contributed by atoms with Crippen LogP contribution in [-0.2, 0) is 4.79 Å². The van der Waals surface area contributed by atoms with Gasteiger partial charge in [0.1, 0.15) is 5.82 Å². The first kappa shape index (κ1) is 16.4. The van der Waals surface area contributed by atoms with Crippen molar-refractivity contribution in [2.24, 2.45) is 0 Å². The number of nitrogens with zero attached hydrogens (tertiary/aromatic N) is 3. The van der Waals surface area contributed by atoms with E-state index in [0.29, 0.717) is 17.0 Å². The van der Waals surface area contributed by atoms with E-state index in [1.54, 1.807) is 12.1 Å². The van der Waals surface area contributed by atoms with E-state index in [9.17, 15) is 4.79 Å². The van der Waals surface area contributed by atoms with E-state index >= 15 is 0 Å². The summed E-state index contributed by atoms with van der Waals surface area (Å²) in [6.07, 6.45) is 1.04. The molecule has 0 saturated heterocycles. The SMILES string of the molecule is CC(=O)Nc1ccc2c(N(C)c3ccccc3)nc(=N)n(C=N)c2c1. The van der Waals surface area contributed by atoms with Crippen LogP contribution in [0.25, 0.3) is 10.9 Å². The lowest BCUT2D eigenvalue weighted by Crippen LogP contribution is -2.26. The normalized spacial score (nSPS) is 10.5. The summed E-state index contributed by atoms with van der Waals surface area (Å²) in [5, 5.41) is 19.2. The molecule has 0 bridgehead atoms. The van der Waals surface area contributed by atoms with Gasteiger partial charge in [0.25, 0.3) is 0 Å². The third kappa shape index (κ3) is 3.12. The van der Waals surface area contributed by atoms with E-state index in [1.807, 2.05) is 48.3 Å². The predicted molar refractivity (Wildman–Crippen MR) is 98.6 cm³/mol. The van der Waals surface area contributed by atoms with Crippen molar-refractivity contribution < 1.29 is 4.79 Å². The highest BCUT2D eigenvalue weighted by molar-refractivity contribution is 5.98. The molecule has 2 aromatic carbocycles. The molecule has 0 radical (unpaired) electrons. The third-order valence-corrected chi connectivity index (χ3v) is 3.85. The fourth-order valence-corrected chi connectivity index (χ4v) is 2.69. The second-order valence-electron chi connectivity index (χ2n) is 5.57. The molecule has 0 atom stereocenters. The number of anilines is 3. The number of benzene rings is 2. The molecule has 7 heteroatoms. The van der Waals surface area contributed by atoms with Crippen LogP contribution in [0.4, 0.5) is 17.2 Å². The molecule has 0 saturated carbocycles. The average molecular weight is 334 g/mol. The number of aromatic nitrogens is 2. The van der Waals surface area contributed by atoms with Gasteiger partial charge in [0, 0.05) is 30.7 Å². The first-order valence-electron chi connectivity index (χ1n) is 7.69. The smallest absolute Gasteiger partial charge is 0.229 e. The summed E-state index contributed by atoms with van der Waals surface area (Å²) in [6, 6.07) is 15.1. The van der Waals surface area contributed by atoms with Gasteiger partial charge in [-0.3, -0.25) is 20.2 Å². The summed E-state index contributed by atoms with van der Waals surface area (Å²) in [7, 11) is 1.88. The molecule has 1 amide bonds. The molecule has 1 heterocycles. The maximum atomic E-state index is 11.3. The van der Waals surface area contributed by atoms with Gasteiger partial charge in [0.2, 0.25) is 11.5 Å². The third-order valence-electron chi connectivity index (χ3n) is 3.85. The van der Waals surface area contributed by atoms with Crippen LogP contribution in [-0.4, -0.2) is 28.8 Å². The Morgan fingerprint density at radius 2 is 1.96 bits per heavy atom. The molecular formula is C18H18N6O. The fraction of sp³-hybridized carbons (Fsp3) is 0.111. The summed E-state index contributed by atoms with van der Waals surface area (Å²) >= 11 is 0. The Morgan fingerprint density at radius 1 is 1.24 bits per heavy atom. The van der Waals surface area contributed by atoms with Crippen molar-refractivity contribution >= 4 is 40.3 Å². The van der Waals surface area contributed by atoms with Gasteiger partial charge in [-0.1, -0.05) is 18.2 Å². The quantitative estimate of drug-likeness (QED) is 0.505. The van der Waals surface area contributed by atoms with Crippen molar-refractivity contribution in [1.82, 2.24) is 9.55 Å². The van der Waals surface area contributed by atoms with Gasteiger partial charge in [-0.15, -0.1) is 0 Å². The Labute approximate surface area is 144 Å². The highest BCUT2D eigenvalue weighted by Gasteiger charge is 2.14. The molecule has 3 rings (SSSR count). The highest BCUT2D eigenvalue weighted by Crippen LogP contribution is 2.29. The zero-order valence-electron chi connectivity index (χ0n) is 13.9. The van der Waals surface area contributed by atoms with Crippen molar-refractivity contribution in [2.45, 2.75) is 6.92 Å². The maximum Gasteiger partial charge on any atom is 0.229 e. The van der Waals surface area contributed by atoms with E-state index in [1.165, 1.54) is 11.5 Å². The zero-order chi connectivity index (χ0) is 18.0. The van der Waals surface area contributed by atoms with Crippen LogP contribution >= 0.6 is 0 Å². The lowest BCUT2D eigenvalue weighted by atomic mass is 10.2. The lowest BCUT2D eigenvalue weighted by molar-refractivity contribution is -0.114. The van der Waals surface area contributed by atoms with Crippen LogP contribution in [0, 0.1) is 10.8 Å². The maximum absolute atomic E-state index is 11.3. The van der Waals surface area contributed by atoms with Crippen LogP contribution in [0.2, 0.25) is 0 Å². The molecule has 0 fully saturated rings. The molecule has 126 valence electrons. The number of hydrogen-bond donors (Lipinski definition) is 3. The van der Waals surface area contributed by atoms with Gasteiger partial charge in [0.15, 0.2) is 0 Å². The van der Waals surface area contributed by atoms with Gasteiger partial charge < -0.3 is 10.2 Å². The minimum absolute atomic E-state index is 0.0553. The molecule has 0 aliphatic carbocycles. The number of nitrogens with one attached hydrogen (secondary N) is 3. The second-order valence-corrected chi connectivity index (χ2v) is 5.57. The van der Waals surface area contributed by atoms with Gasteiger partial charge in [-0.25, -0.2) is 0 Å². The largest absolute Gasteiger partial charge is 0.329 e. The number of hydrogen-bond acceptors (Lipinski definition) is 5. The number of carbonyl (C=O) groups excluding carboxylic acids is 1. The van der Waals surface area contributed by atoms with Crippen molar-refractivity contribution in [3.63, 3.8) is 0 Å². The van der Waals surface area contributed by atoms with Crippen LogP contribution in [0.15, 0.2) is 48.5 Å². The molecule has 0 spiro atoms. The summed E-state index contributed by atoms with van der Waals surface area (Å²) in [6.45, 7) is 1.44. The molecule has 0 aliphatic heterocycles. The highest BCUT2D eigenvalue weighted by atomic mass is 16.1. The second kappa shape index (κ2) is 6.56. The first-order chi connectivity index (χ1) is 12.0. The summed E-state index contributed by atoms with van der Waals surface area (Å²) < 4.78 is 1.36. The number of fused-ring (bicyclic) bond motifs is 1. The topological polar surface area (TPSA) is 97.9 Å².